The Labute approximate surface area is 118 Å². The molecular weight excluding hydrogens is 258 g/mol. The molecule has 0 aromatic carbocycles. The molecule has 0 radical (unpaired) electrons. The highest BCUT2D eigenvalue weighted by atomic mass is 16.4. The van der Waals surface area contributed by atoms with Gasteiger partial charge in [0.1, 0.15) is 11.9 Å². The van der Waals surface area contributed by atoms with Gasteiger partial charge in [-0.25, -0.2) is 9.78 Å². The summed E-state index contributed by atoms with van der Waals surface area (Å²) in [7, 11) is 3.71. The highest BCUT2D eigenvalue weighted by Crippen LogP contribution is 2.09. The molecule has 0 fully saturated rings. The summed E-state index contributed by atoms with van der Waals surface area (Å²) >= 11 is 0. The van der Waals surface area contributed by atoms with Crippen LogP contribution < -0.4 is 10.2 Å². The van der Waals surface area contributed by atoms with Crippen LogP contribution in [0.1, 0.15) is 36.5 Å². The molecule has 0 spiro atoms. The van der Waals surface area contributed by atoms with E-state index in [1.54, 1.807) is 12.1 Å². The van der Waals surface area contributed by atoms with Crippen LogP contribution in [0.4, 0.5) is 5.82 Å². The predicted molar refractivity (Wildman–Crippen MR) is 77.0 cm³/mol. The van der Waals surface area contributed by atoms with Gasteiger partial charge in [0.15, 0.2) is 0 Å². The molecule has 0 saturated carbocycles. The van der Waals surface area contributed by atoms with E-state index in [1.807, 2.05) is 25.9 Å². The van der Waals surface area contributed by atoms with Crippen molar-refractivity contribution < 1.29 is 14.7 Å². The number of carbonyl (C=O) groups is 2. The minimum Gasteiger partial charge on any atom is -0.480 e. The number of carbonyl (C=O) groups excluding carboxylic acids is 1. The average Bonchev–Trinajstić information content (AvgIpc) is 2.42. The van der Waals surface area contributed by atoms with Crippen molar-refractivity contribution in [2.75, 3.05) is 19.0 Å². The SMILES string of the molecule is CCCC[C@H](NC(=O)c1ccc(N(C)C)nc1)C(=O)O. The van der Waals surface area contributed by atoms with Gasteiger partial charge < -0.3 is 15.3 Å². The van der Waals surface area contributed by atoms with E-state index in [0.29, 0.717) is 12.0 Å². The lowest BCUT2D eigenvalue weighted by Gasteiger charge is -2.15. The summed E-state index contributed by atoms with van der Waals surface area (Å²) in [5.74, 6) is -0.682. The first kappa shape index (κ1) is 15.9. The number of aromatic nitrogens is 1. The Morgan fingerprint density at radius 1 is 1.40 bits per heavy atom. The van der Waals surface area contributed by atoms with E-state index in [0.717, 1.165) is 18.7 Å². The third-order valence-corrected chi connectivity index (χ3v) is 2.92. The first-order valence-electron chi connectivity index (χ1n) is 6.62. The Hall–Kier alpha value is -2.11. The molecule has 1 atom stereocenters. The Balaban J connectivity index is 2.70. The van der Waals surface area contributed by atoms with Gasteiger partial charge in [0.25, 0.3) is 5.91 Å². The number of anilines is 1. The van der Waals surface area contributed by atoms with Gasteiger partial charge in [0.2, 0.25) is 0 Å². The first-order valence-corrected chi connectivity index (χ1v) is 6.62. The quantitative estimate of drug-likeness (QED) is 0.790. The second kappa shape index (κ2) is 7.47. The topological polar surface area (TPSA) is 82.5 Å². The van der Waals surface area contributed by atoms with Gasteiger partial charge in [0.05, 0.1) is 5.56 Å². The van der Waals surface area contributed by atoms with E-state index in [2.05, 4.69) is 10.3 Å². The van der Waals surface area contributed by atoms with Crippen molar-refractivity contribution in [2.45, 2.75) is 32.2 Å². The monoisotopic (exact) mass is 279 g/mol. The highest BCUT2D eigenvalue weighted by Gasteiger charge is 2.20. The normalized spacial score (nSPS) is 11.8. The fourth-order valence-corrected chi connectivity index (χ4v) is 1.69. The Morgan fingerprint density at radius 3 is 2.55 bits per heavy atom. The summed E-state index contributed by atoms with van der Waals surface area (Å²) in [6.07, 6.45) is 3.53. The minimum atomic E-state index is -1.01. The molecule has 110 valence electrons. The number of rotatable bonds is 7. The smallest absolute Gasteiger partial charge is 0.326 e. The first-order chi connectivity index (χ1) is 9.45. The summed E-state index contributed by atoms with van der Waals surface area (Å²) in [5.41, 5.74) is 0.360. The summed E-state index contributed by atoms with van der Waals surface area (Å²) in [4.78, 5) is 29.0. The molecule has 1 aromatic heterocycles. The molecule has 20 heavy (non-hydrogen) atoms. The predicted octanol–water partition coefficient (Wildman–Crippen LogP) is 1.52. The molecule has 1 amide bonds. The van der Waals surface area contributed by atoms with Crippen molar-refractivity contribution >= 4 is 17.7 Å². The van der Waals surface area contributed by atoms with Crippen molar-refractivity contribution in [1.29, 1.82) is 0 Å². The van der Waals surface area contributed by atoms with Crippen molar-refractivity contribution in [1.82, 2.24) is 10.3 Å². The molecule has 1 rings (SSSR count). The van der Waals surface area contributed by atoms with E-state index in [9.17, 15) is 9.59 Å². The number of nitrogens with one attached hydrogen (secondary N) is 1. The Kier molecular flexibility index (Phi) is 5.96. The van der Waals surface area contributed by atoms with Crippen LogP contribution in [0.15, 0.2) is 18.3 Å². The van der Waals surface area contributed by atoms with Gasteiger partial charge in [0, 0.05) is 20.3 Å². The van der Waals surface area contributed by atoms with Crippen molar-refractivity contribution in [3.05, 3.63) is 23.9 Å². The molecule has 0 bridgehead atoms. The van der Waals surface area contributed by atoms with Gasteiger partial charge in [-0.05, 0) is 18.6 Å². The van der Waals surface area contributed by atoms with Gasteiger partial charge in [-0.15, -0.1) is 0 Å². The number of aliphatic carboxylic acids is 1. The molecule has 0 unspecified atom stereocenters. The fraction of sp³-hybridized carbons (Fsp3) is 0.500. The minimum absolute atomic E-state index is 0.360. The van der Waals surface area contributed by atoms with Gasteiger partial charge >= 0.3 is 5.97 Å². The Bertz CT molecular complexity index is 457. The van der Waals surface area contributed by atoms with Crippen LogP contribution in [-0.2, 0) is 4.79 Å². The fourth-order valence-electron chi connectivity index (χ4n) is 1.69. The molecule has 0 aliphatic rings. The number of amides is 1. The zero-order chi connectivity index (χ0) is 15.1. The number of hydrogen-bond acceptors (Lipinski definition) is 4. The average molecular weight is 279 g/mol. The van der Waals surface area contributed by atoms with Crippen LogP contribution >= 0.6 is 0 Å². The van der Waals surface area contributed by atoms with Crippen molar-refractivity contribution in [3.8, 4) is 0 Å². The third kappa shape index (κ3) is 4.53. The maximum atomic E-state index is 12.0. The standard InChI is InChI=1S/C14H21N3O3/c1-4-5-6-11(14(19)20)16-13(18)10-7-8-12(15-9-10)17(2)3/h7-9,11H,4-6H2,1-3H3,(H,16,18)(H,19,20)/t11-/m0/s1. The molecule has 1 aromatic rings. The molecular formula is C14H21N3O3. The highest BCUT2D eigenvalue weighted by molar-refractivity contribution is 5.96. The van der Waals surface area contributed by atoms with Crippen LogP contribution in [0.25, 0.3) is 0 Å². The van der Waals surface area contributed by atoms with Gasteiger partial charge in [-0.1, -0.05) is 19.8 Å². The number of carboxylic acids is 1. The number of unbranched alkanes of at least 4 members (excludes halogenated alkanes) is 1. The summed E-state index contributed by atoms with van der Waals surface area (Å²) < 4.78 is 0. The van der Waals surface area contributed by atoms with Crippen molar-refractivity contribution in [3.63, 3.8) is 0 Å². The largest absolute Gasteiger partial charge is 0.480 e. The lowest BCUT2D eigenvalue weighted by Crippen LogP contribution is -2.40. The number of hydrogen-bond donors (Lipinski definition) is 2. The molecule has 0 aliphatic carbocycles. The lowest BCUT2D eigenvalue weighted by molar-refractivity contribution is -0.139. The van der Waals surface area contributed by atoms with E-state index in [-0.39, 0.29) is 0 Å². The van der Waals surface area contributed by atoms with Crippen LogP contribution in [0.2, 0.25) is 0 Å². The maximum absolute atomic E-state index is 12.0. The number of pyridine rings is 1. The van der Waals surface area contributed by atoms with Gasteiger partial charge in [-0.2, -0.15) is 0 Å². The van der Waals surface area contributed by atoms with Crippen LogP contribution in [0.3, 0.4) is 0 Å². The van der Waals surface area contributed by atoms with E-state index in [1.165, 1.54) is 6.20 Å². The zero-order valence-electron chi connectivity index (χ0n) is 12.1. The molecule has 0 saturated heterocycles. The van der Waals surface area contributed by atoms with E-state index >= 15 is 0 Å². The van der Waals surface area contributed by atoms with Crippen molar-refractivity contribution in [2.24, 2.45) is 0 Å². The van der Waals surface area contributed by atoms with Crippen LogP contribution in [-0.4, -0.2) is 42.1 Å². The Morgan fingerprint density at radius 2 is 2.10 bits per heavy atom. The second-order valence-corrected chi connectivity index (χ2v) is 4.81. The zero-order valence-corrected chi connectivity index (χ0v) is 12.1. The summed E-state index contributed by atoms with van der Waals surface area (Å²) in [6.45, 7) is 1.98. The van der Waals surface area contributed by atoms with Gasteiger partial charge in [-0.3, -0.25) is 4.79 Å². The number of nitrogens with zero attached hydrogens (tertiary/aromatic N) is 2. The molecule has 1 heterocycles. The summed E-state index contributed by atoms with van der Waals surface area (Å²) in [6, 6.07) is 2.50. The maximum Gasteiger partial charge on any atom is 0.326 e. The van der Waals surface area contributed by atoms with E-state index < -0.39 is 17.9 Å². The second-order valence-electron chi connectivity index (χ2n) is 4.81. The molecule has 2 N–H and O–H groups in total. The molecule has 6 nitrogen and oxygen atoms in total. The van der Waals surface area contributed by atoms with Crippen LogP contribution in [0.5, 0.6) is 0 Å². The molecule has 6 heteroatoms. The van der Waals surface area contributed by atoms with E-state index in [4.69, 9.17) is 5.11 Å². The molecule has 0 aliphatic heterocycles. The lowest BCUT2D eigenvalue weighted by atomic mass is 10.1. The van der Waals surface area contributed by atoms with Crippen LogP contribution in [0, 0.1) is 0 Å². The summed E-state index contributed by atoms with van der Waals surface area (Å²) in [5, 5.41) is 11.6. The third-order valence-electron chi connectivity index (χ3n) is 2.92. The number of carboxylic acid groups (broad SMARTS) is 1.